The Morgan fingerprint density at radius 1 is 1.09 bits per heavy atom. The lowest BCUT2D eigenvalue weighted by molar-refractivity contribution is 0.0661. The van der Waals surface area contributed by atoms with Gasteiger partial charge in [0.1, 0.15) is 0 Å². The van der Waals surface area contributed by atoms with E-state index in [-0.39, 0.29) is 5.91 Å². The van der Waals surface area contributed by atoms with Crippen molar-refractivity contribution in [2.24, 2.45) is 0 Å². The number of aryl methyl sites for hydroxylation is 1. The van der Waals surface area contributed by atoms with Crippen LogP contribution < -0.4 is 5.32 Å². The number of rotatable bonds is 2. The van der Waals surface area contributed by atoms with Gasteiger partial charge < -0.3 is 19.5 Å². The highest BCUT2D eigenvalue weighted by Gasteiger charge is 2.24. The van der Waals surface area contributed by atoms with Crippen LogP contribution in [0.5, 0.6) is 0 Å². The molecule has 1 fully saturated rings. The van der Waals surface area contributed by atoms with Gasteiger partial charge in [0.15, 0.2) is 10.9 Å². The Morgan fingerprint density at radius 3 is 2.35 bits per heavy atom. The first-order chi connectivity index (χ1) is 11.1. The molecule has 0 saturated carbocycles. The molecule has 0 radical (unpaired) electrons. The second-order valence-corrected chi connectivity index (χ2v) is 5.94. The number of hydrogen-bond acceptors (Lipinski definition) is 3. The van der Waals surface area contributed by atoms with Crippen LogP contribution in [0.1, 0.15) is 16.1 Å². The van der Waals surface area contributed by atoms with Crippen molar-refractivity contribution in [2.45, 2.75) is 6.92 Å². The Morgan fingerprint density at radius 2 is 1.74 bits per heavy atom. The average Bonchev–Trinajstić information content (AvgIpc) is 3.11. The minimum atomic E-state index is -0.0629. The number of furan rings is 1. The summed E-state index contributed by atoms with van der Waals surface area (Å²) in [6, 6.07) is 11.5. The van der Waals surface area contributed by atoms with Crippen molar-refractivity contribution in [3.8, 4) is 0 Å². The van der Waals surface area contributed by atoms with Crippen molar-refractivity contribution in [3.63, 3.8) is 0 Å². The first-order valence-corrected chi connectivity index (χ1v) is 8.00. The third kappa shape index (κ3) is 3.71. The first-order valence-electron chi connectivity index (χ1n) is 7.59. The van der Waals surface area contributed by atoms with E-state index in [4.69, 9.17) is 16.6 Å². The molecule has 1 aromatic carbocycles. The molecule has 1 aliphatic heterocycles. The van der Waals surface area contributed by atoms with Crippen LogP contribution in [-0.4, -0.2) is 47.0 Å². The van der Waals surface area contributed by atoms with Gasteiger partial charge in [-0.15, -0.1) is 0 Å². The van der Waals surface area contributed by atoms with Crippen molar-refractivity contribution in [1.82, 2.24) is 9.80 Å². The predicted octanol–water partition coefficient (Wildman–Crippen LogP) is 2.74. The van der Waals surface area contributed by atoms with E-state index in [0.717, 1.165) is 5.69 Å². The summed E-state index contributed by atoms with van der Waals surface area (Å²) in [6.07, 6.45) is 1.52. The predicted molar refractivity (Wildman–Crippen MR) is 93.6 cm³/mol. The molecule has 3 rings (SSSR count). The van der Waals surface area contributed by atoms with E-state index in [1.165, 1.54) is 11.8 Å². The zero-order valence-electron chi connectivity index (χ0n) is 13.0. The summed E-state index contributed by atoms with van der Waals surface area (Å²) in [7, 11) is 0. The average molecular weight is 329 g/mol. The molecule has 1 aliphatic rings. The molecular weight excluding hydrogens is 310 g/mol. The van der Waals surface area contributed by atoms with E-state index in [9.17, 15) is 4.79 Å². The number of nitrogens with one attached hydrogen (secondary N) is 1. The zero-order valence-corrected chi connectivity index (χ0v) is 13.8. The number of amides is 1. The van der Waals surface area contributed by atoms with Crippen molar-refractivity contribution < 1.29 is 9.21 Å². The van der Waals surface area contributed by atoms with Crippen molar-refractivity contribution >= 4 is 28.9 Å². The highest BCUT2D eigenvalue weighted by Crippen LogP contribution is 2.13. The van der Waals surface area contributed by atoms with Crippen molar-refractivity contribution in [3.05, 3.63) is 54.0 Å². The molecule has 0 spiro atoms. The topological polar surface area (TPSA) is 48.7 Å². The maximum absolute atomic E-state index is 12.2. The van der Waals surface area contributed by atoms with Crippen LogP contribution >= 0.6 is 12.2 Å². The fraction of sp³-hybridized carbons (Fsp3) is 0.294. The normalized spacial score (nSPS) is 14.7. The molecule has 2 aromatic rings. The number of carbonyl (C=O) groups is 1. The summed E-state index contributed by atoms with van der Waals surface area (Å²) in [4.78, 5) is 16.1. The second kappa shape index (κ2) is 6.83. The Labute approximate surface area is 140 Å². The van der Waals surface area contributed by atoms with Gasteiger partial charge in [-0.3, -0.25) is 4.79 Å². The quantitative estimate of drug-likeness (QED) is 0.859. The van der Waals surface area contributed by atoms with E-state index in [2.05, 4.69) is 17.1 Å². The first kappa shape index (κ1) is 15.6. The van der Waals surface area contributed by atoms with Crippen LogP contribution in [0, 0.1) is 6.92 Å². The minimum absolute atomic E-state index is 0.0629. The number of benzene rings is 1. The zero-order chi connectivity index (χ0) is 16.2. The molecule has 1 N–H and O–H groups in total. The van der Waals surface area contributed by atoms with E-state index in [0.29, 0.717) is 37.1 Å². The molecular formula is C17H19N3O2S. The van der Waals surface area contributed by atoms with E-state index in [1.807, 2.05) is 24.3 Å². The molecule has 23 heavy (non-hydrogen) atoms. The van der Waals surface area contributed by atoms with Gasteiger partial charge in [0.2, 0.25) is 0 Å². The number of thiocarbonyl (C=S) groups is 1. The lowest BCUT2D eigenvalue weighted by atomic mass is 10.2. The van der Waals surface area contributed by atoms with Gasteiger partial charge >= 0.3 is 0 Å². The van der Waals surface area contributed by atoms with Gasteiger partial charge in [-0.1, -0.05) is 17.7 Å². The number of hydrogen-bond donors (Lipinski definition) is 1. The second-order valence-electron chi connectivity index (χ2n) is 5.55. The molecule has 1 aromatic heterocycles. The van der Waals surface area contributed by atoms with Crippen molar-refractivity contribution in [2.75, 3.05) is 31.5 Å². The summed E-state index contributed by atoms with van der Waals surface area (Å²) < 4.78 is 5.17. The van der Waals surface area contributed by atoms with Crippen LogP contribution in [0.3, 0.4) is 0 Å². The lowest BCUT2D eigenvalue weighted by Gasteiger charge is -2.35. The Balaban J connectivity index is 1.53. The van der Waals surface area contributed by atoms with Crippen molar-refractivity contribution in [1.29, 1.82) is 0 Å². The lowest BCUT2D eigenvalue weighted by Crippen LogP contribution is -2.51. The van der Waals surface area contributed by atoms with E-state index >= 15 is 0 Å². The molecule has 0 unspecified atom stereocenters. The van der Waals surface area contributed by atoms with Gasteiger partial charge in [0.05, 0.1) is 6.26 Å². The number of nitrogens with zero attached hydrogens (tertiary/aromatic N) is 2. The summed E-state index contributed by atoms with van der Waals surface area (Å²) in [5, 5.41) is 3.94. The van der Waals surface area contributed by atoms with Crippen LogP contribution in [0.25, 0.3) is 0 Å². The van der Waals surface area contributed by atoms with Crippen LogP contribution in [-0.2, 0) is 0 Å². The largest absolute Gasteiger partial charge is 0.459 e. The van der Waals surface area contributed by atoms with Crippen LogP contribution in [0.15, 0.2) is 47.1 Å². The smallest absolute Gasteiger partial charge is 0.289 e. The summed E-state index contributed by atoms with van der Waals surface area (Å²) in [5.41, 5.74) is 2.20. The summed E-state index contributed by atoms with van der Waals surface area (Å²) in [5.74, 6) is 0.325. The van der Waals surface area contributed by atoms with Gasteiger partial charge in [-0.25, -0.2) is 0 Å². The van der Waals surface area contributed by atoms with E-state index in [1.54, 1.807) is 17.0 Å². The van der Waals surface area contributed by atoms with Gasteiger partial charge in [0.25, 0.3) is 5.91 Å². The minimum Gasteiger partial charge on any atom is -0.459 e. The van der Waals surface area contributed by atoms with Gasteiger partial charge in [-0.2, -0.15) is 0 Å². The third-order valence-electron chi connectivity index (χ3n) is 3.89. The highest BCUT2D eigenvalue weighted by atomic mass is 32.1. The Hall–Kier alpha value is -2.34. The molecule has 0 aliphatic carbocycles. The molecule has 0 atom stereocenters. The maximum atomic E-state index is 12.2. The monoisotopic (exact) mass is 329 g/mol. The maximum Gasteiger partial charge on any atom is 0.289 e. The SMILES string of the molecule is Cc1ccc(NC(=S)N2CCN(C(=O)c3ccco3)CC2)cc1. The number of carbonyl (C=O) groups excluding carboxylic acids is 1. The number of piperazine rings is 1. The highest BCUT2D eigenvalue weighted by molar-refractivity contribution is 7.80. The standard InChI is InChI=1S/C17H19N3O2S/c1-13-4-6-14(7-5-13)18-17(23)20-10-8-19(9-11-20)16(21)15-3-2-12-22-15/h2-7,12H,8-11H2,1H3,(H,18,23). The van der Waals surface area contributed by atoms with Gasteiger partial charge in [0, 0.05) is 31.9 Å². The third-order valence-corrected chi connectivity index (χ3v) is 4.25. The van der Waals surface area contributed by atoms with E-state index < -0.39 is 0 Å². The molecule has 120 valence electrons. The Kier molecular flexibility index (Phi) is 4.62. The van der Waals surface area contributed by atoms with Gasteiger partial charge in [-0.05, 0) is 43.4 Å². The fourth-order valence-electron chi connectivity index (χ4n) is 2.51. The summed E-state index contributed by atoms with van der Waals surface area (Å²) in [6.45, 7) is 4.75. The molecule has 2 heterocycles. The molecule has 6 heteroatoms. The molecule has 1 amide bonds. The summed E-state index contributed by atoms with van der Waals surface area (Å²) >= 11 is 5.47. The Bertz CT molecular complexity index is 674. The molecule has 0 bridgehead atoms. The van der Waals surface area contributed by atoms with Crippen LogP contribution in [0.4, 0.5) is 5.69 Å². The fourth-order valence-corrected chi connectivity index (χ4v) is 2.81. The molecule has 5 nitrogen and oxygen atoms in total. The number of anilines is 1. The van der Waals surface area contributed by atoms with Crippen LogP contribution in [0.2, 0.25) is 0 Å². The molecule has 1 saturated heterocycles.